The summed E-state index contributed by atoms with van der Waals surface area (Å²) < 4.78 is 5.14. The largest absolute Gasteiger partial charge is 0.396 e. The number of aliphatic hydroxyl groups is 2. The molecule has 2 rings (SSSR count). The smallest absolute Gasteiger partial charge is 0.253 e. The highest BCUT2D eigenvalue weighted by atomic mass is 16.5. The first kappa shape index (κ1) is 16.9. The summed E-state index contributed by atoms with van der Waals surface area (Å²) >= 11 is 0. The molecule has 0 bridgehead atoms. The lowest BCUT2D eigenvalue weighted by Gasteiger charge is -2.41. The lowest BCUT2D eigenvalue weighted by molar-refractivity contribution is 0.00898. The van der Waals surface area contributed by atoms with Gasteiger partial charge in [0.1, 0.15) is 0 Å². The van der Waals surface area contributed by atoms with E-state index < -0.39 is 0 Å². The summed E-state index contributed by atoms with van der Waals surface area (Å²) in [6, 6.07) is 7.03. The lowest BCUT2D eigenvalue weighted by Crippen LogP contribution is -2.48. The molecule has 0 aromatic heterocycles. The summed E-state index contributed by atoms with van der Waals surface area (Å²) in [4.78, 5) is 14.5. The number of methoxy groups -OCH3 is 1. The van der Waals surface area contributed by atoms with Crippen LogP contribution in [0.3, 0.4) is 0 Å². The monoisotopic (exact) mass is 307 g/mol. The van der Waals surface area contributed by atoms with Gasteiger partial charge in [0.2, 0.25) is 0 Å². The molecule has 5 nitrogen and oxygen atoms in total. The molecule has 22 heavy (non-hydrogen) atoms. The van der Waals surface area contributed by atoms with Crippen LogP contribution >= 0.6 is 0 Å². The summed E-state index contributed by atoms with van der Waals surface area (Å²) in [6.45, 7) is 1.92. The van der Waals surface area contributed by atoms with Gasteiger partial charge in [0.25, 0.3) is 5.91 Å². The molecule has 1 heterocycles. The van der Waals surface area contributed by atoms with Gasteiger partial charge >= 0.3 is 0 Å². The van der Waals surface area contributed by atoms with Gasteiger partial charge in [-0.15, -0.1) is 0 Å². The van der Waals surface area contributed by atoms with E-state index in [-0.39, 0.29) is 24.5 Å². The molecule has 5 heteroatoms. The fraction of sp³-hybridized carbons (Fsp3) is 0.588. The zero-order valence-corrected chi connectivity index (χ0v) is 13.1. The van der Waals surface area contributed by atoms with Crippen molar-refractivity contribution in [2.45, 2.75) is 25.9 Å². The van der Waals surface area contributed by atoms with Crippen molar-refractivity contribution in [3.63, 3.8) is 0 Å². The van der Waals surface area contributed by atoms with E-state index in [1.54, 1.807) is 31.4 Å². The first-order chi connectivity index (χ1) is 10.6. The van der Waals surface area contributed by atoms with Gasteiger partial charge < -0.3 is 19.8 Å². The molecule has 1 amide bonds. The minimum absolute atomic E-state index is 0.0144. The van der Waals surface area contributed by atoms with E-state index in [4.69, 9.17) is 9.84 Å². The highest BCUT2D eigenvalue weighted by molar-refractivity contribution is 5.94. The van der Waals surface area contributed by atoms with Crippen molar-refractivity contribution in [2.24, 2.45) is 5.41 Å². The molecule has 0 saturated carbocycles. The van der Waals surface area contributed by atoms with Gasteiger partial charge in [-0.3, -0.25) is 4.79 Å². The first-order valence-electron chi connectivity index (χ1n) is 7.73. The molecule has 0 aliphatic carbocycles. The Morgan fingerprint density at radius 1 is 1.32 bits per heavy atom. The number of hydrogen-bond donors (Lipinski definition) is 2. The van der Waals surface area contributed by atoms with Crippen LogP contribution in [0.4, 0.5) is 0 Å². The predicted molar refractivity (Wildman–Crippen MR) is 83.5 cm³/mol. The van der Waals surface area contributed by atoms with E-state index in [2.05, 4.69) is 0 Å². The Kier molecular flexibility index (Phi) is 5.94. The molecular formula is C17H25NO4. The highest BCUT2D eigenvalue weighted by Gasteiger charge is 2.36. The van der Waals surface area contributed by atoms with Crippen molar-refractivity contribution in [1.82, 2.24) is 4.90 Å². The number of ether oxygens (including phenoxy) is 1. The van der Waals surface area contributed by atoms with E-state index in [1.165, 1.54) is 0 Å². The number of carbonyl (C=O) groups excluding carboxylic acids is 1. The normalized spacial score (nSPS) is 21.9. The van der Waals surface area contributed by atoms with Gasteiger partial charge in [-0.05, 0) is 37.0 Å². The van der Waals surface area contributed by atoms with Crippen molar-refractivity contribution in [3.05, 3.63) is 35.4 Å². The van der Waals surface area contributed by atoms with E-state index in [1.807, 2.05) is 4.90 Å². The van der Waals surface area contributed by atoms with E-state index in [9.17, 15) is 9.90 Å². The molecule has 1 fully saturated rings. The molecule has 0 unspecified atom stereocenters. The first-order valence-corrected chi connectivity index (χ1v) is 7.73. The van der Waals surface area contributed by atoms with Crippen molar-refractivity contribution in [1.29, 1.82) is 0 Å². The van der Waals surface area contributed by atoms with Gasteiger partial charge in [-0.25, -0.2) is 0 Å². The quantitative estimate of drug-likeness (QED) is 0.834. The molecule has 1 saturated heterocycles. The van der Waals surface area contributed by atoms with Crippen LogP contribution in [-0.4, -0.2) is 54.4 Å². The zero-order valence-electron chi connectivity index (χ0n) is 13.1. The molecular weight excluding hydrogens is 282 g/mol. The van der Waals surface area contributed by atoms with Crippen LogP contribution < -0.4 is 0 Å². The molecule has 0 radical (unpaired) electrons. The Labute approximate surface area is 131 Å². The molecule has 1 aromatic carbocycles. The van der Waals surface area contributed by atoms with Crippen LogP contribution in [0.25, 0.3) is 0 Å². The molecule has 0 spiro atoms. The number of benzene rings is 1. The lowest BCUT2D eigenvalue weighted by atomic mass is 9.78. The Morgan fingerprint density at radius 3 is 2.64 bits per heavy atom. The minimum Gasteiger partial charge on any atom is -0.396 e. The number of likely N-dealkylation sites (tertiary alicyclic amines) is 1. The van der Waals surface area contributed by atoms with Crippen LogP contribution in [0, 0.1) is 5.41 Å². The second kappa shape index (κ2) is 7.72. The van der Waals surface area contributed by atoms with E-state index in [0.29, 0.717) is 18.7 Å². The van der Waals surface area contributed by atoms with E-state index in [0.717, 1.165) is 31.4 Å². The average Bonchev–Trinajstić information content (AvgIpc) is 2.59. The van der Waals surface area contributed by atoms with Gasteiger partial charge in [0.15, 0.2) is 0 Å². The van der Waals surface area contributed by atoms with Crippen molar-refractivity contribution in [2.75, 3.05) is 33.4 Å². The fourth-order valence-electron chi connectivity index (χ4n) is 3.05. The Morgan fingerprint density at radius 2 is 2.05 bits per heavy atom. The van der Waals surface area contributed by atoms with Crippen LogP contribution in [0.2, 0.25) is 0 Å². The number of rotatable bonds is 6. The summed E-state index contributed by atoms with van der Waals surface area (Å²) in [5.41, 5.74) is 1.16. The second-order valence-corrected chi connectivity index (χ2v) is 6.09. The molecule has 1 aromatic rings. The molecule has 1 atom stereocenters. The third-order valence-electron chi connectivity index (χ3n) is 4.50. The maximum atomic E-state index is 12.6. The van der Waals surface area contributed by atoms with E-state index >= 15 is 0 Å². The van der Waals surface area contributed by atoms with Crippen molar-refractivity contribution >= 4 is 5.91 Å². The summed E-state index contributed by atoms with van der Waals surface area (Å²) in [7, 11) is 1.65. The third kappa shape index (κ3) is 3.85. The highest BCUT2D eigenvalue weighted by Crippen LogP contribution is 2.33. The molecule has 1 aliphatic rings. The van der Waals surface area contributed by atoms with Gasteiger partial charge in [0, 0.05) is 37.8 Å². The Hall–Kier alpha value is -1.43. The maximum Gasteiger partial charge on any atom is 0.253 e. The molecule has 2 N–H and O–H groups in total. The number of piperidine rings is 1. The fourth-order valence-corrected chi connectivity index (χ4v) is 3.05. The maximum absolute atomic E-state index is 12.6. The average molecular weight is 307 g/mol. The summed E-state index contributed by atoms with van der Waals surface area (Å²) in [5, 5.41) is 18.8. The standard InChI is InChI=1S/C17H25NO4/c1-22-10-8-17(13-20)7-2-9-18(12-17)16(21)15-5-3-14(11-19)4-6-15/h3-6,19-20H,2,7-13H2,1H3/t17-/m1/s1. The number of nitrogens with zero attached hydrogens (tertiary/aromatic N) is 1. The van der Waals surface area contributed by atoms with Crippen LogP contribution in [-0.2, 0) is 11.3 Å². The van der Waals surface area contributed by atoms with Gasteiger partial charge in [0.05, 0.1) is 13.2 Å². The molecule has 1 aliphatic heterocycles. The Bertz CT molecular complexity index is 488. The van der Waals surface area contributed by atoms with Gasteiger partial charge in [-0.1, -0.05) is 12.1 Å². The third-order valence-corrected chi connectivity index (χ3v) is 4.50. The second-order valence-electron chi connectivity index (χ2n) is 6.09. The number of carbonyl (C=O) groups is 1. The van der Waals surface area contributed by atoms with Crippen LogP contribution in [0.5, 0.6) is 0 Å². The summed E-state index contributed by atoms with van der Waals surface area (Å²) in [6.07, 6.45) is 2.57. The Balaban J connectivity index is 2.08. The predicted octanol–water partition coefficient (Wildman–Crippen LogP) is 1.43. The van der Waals surface area contributed by atoms with Gasteiger partial charge in [-0.2, -0.15) is 0 Å². The minimum atomic E-state index is -0.255. The number of amides is 1. The molecule has 122 valence electrons. The summed E-state index contributed by atoms with van der Waals surface area (Å²) in [5.74, 6) is -0.0144. The SMILES string of the molecule is COCC[C@]1(CO)CCCN(C(=O)c2ccc(CO)cc2)C1. The number of hydrogen-bond acceptors (Lipinski definition) is 4. The number of aliphatic hydroxyl groups excluding tert-OH is 2. The van der Waals surface area contributed by atoms with Crippen molar-refractivity contribution < 1.29 is 19.7 Å². The zero-order chi connectivity index (χ0) is 16.0. The van der Waals surface area contributed by atoms with Crippen molar-refractivity contribution in [3.8, 4) is 0 Å². The van der Waals surface area contributed by atoms with Crippen LogP contribution in [0.15, 0.2) is 24.3 Å². The van der Waals surface area contributed by atoms with Crippen LogP contribution in [0.1, 0.15) is 35.2 Å². The topological polar surface area (TPSA) is 70.0 Å².